The van der Waals surface area contributed by atoms with E-state index in [2.05, 4.69) is 0 Å². The number of benzene rings is 1. The fourth-order valence-corrected chi connectivity index (χ4v) is 4.05. The van der Waals surface area contributed by atoms with Gasteiger partial charge in [0.15, 0.2) is 15.6 Å². The van der Waals surface area contributed by atoms with Crippen LogP contribution in [0.1, 0.15) is 30.0 Å². The Balaban J connectivity index is 2.16. The van der Waals surface area contributed by atoms with Crippen molar-refractivity contribution in [3.05, 3.63) is 54.0 Å². The van der Waals surface area contributed by atoms with Crippen LogP contribution >= 0.6 is 0 Å². The number of amides is 2. The fraction of sp³-hybridized carbons (Fsp3) is 0.368. The number of sulfone groups is 1. The molecule has 0 fully saturated rings. The van der Waals surface area contributed by atoms with Crippen LogP contribution in [0.3, 0.4) is 0 Å². The van der Waals surface area contributed by atoms with Crippen LogP contribution < -0.4 is 0 Å². The molecule has 0 unspecified atom stereocenters. The average molecular weight is 392 g/mol. The van der Waals surface area contributed by atoms with Crippen LogP contribution in [0, 0.1) is 0 Å². The van der Waals surface area contributed by atoms with Crippen LogP contribution in [0.15, 0.2) is 52.0 Å². The quantitative estimate of drug-likeness (QED) is 0.687. The summed E-state index contributed by atoms with van der Waals surface area (Å²) in [6.07, 6.45) is 1.28. The van der Waals surface area contributed by atoms with Gasteiger partial charge in [-0.2, -0.15) is 0 Å². The highest BCUT2D eigenvalue weighted by Crippen LogP contribution is 2.21. The van der Waals surface area contributed by atoms with Crippen molar-refractivity contribution in [3.63, 3.8) is 0 Å². The normalized spacial score (nSPS) is 11.2. The number of likely N-dealkylation sites (N-methyl/N-ethyl adjacent to an activating group) is 2. The van der Waals surface area contributed by atoms with E-state index >= 15 is 0 Å². The van der Waals surface area contributed by atoms with Gasteiger partial charge in [-0.05, 0) is 32.0 Å². The van der Waals surface area contributed by atoms with Gasteiger partial charge in [0.25, 0.3) is 5.91 Å². The summed E-state index contributed by atoms with van der Waals surface area (Å²) in [7, 11) is -2.13. The molecule has 0 saturated carbocycles. The maximum absolute atomic E-state index is 12.7. The molecule has 7 nitrogen and oxygen atoms in total. The zero-order valence-electron chi connectivity index (χ0n) is 15.7. The summed E-state index contributed by atoms with van der Waals surface area (Å²) >= 11 is 0. The molecule has 8 heteroatoms. The molecule has 0 aliphatic rings. The molecule has 0 radical (unpaired) electrons. The predicted molar refractivity (Wildman–Crippen MR) is 101 cm³/mol. The zero-order chi connectivity index (χ0) is 20.0. The van der Waals surface area contributed by atoms with E-state index in [9.17, 15) is 18.0 Å². The summed E-state index contributed by atoms with van der Waals surface area (Å²) in [5, 5.41) is 0. The summed E-state index contributed by atoms with van der Waals surface area (Å²) in [5.41, 5.74) is 0.269. The van der Waals surface area contributed by atoms with Crippen molar-refractivity contribution < 1.29 is 22.4 Å². The third-order valence-electron chi connectivity index (χ3n) is 4.22. The second-order valence-electron chi connectivity index (χ2n) is 6.07. The SMILES string of the molecule is CCN(CC)C(=O)CN(C)C(=O)c1occc1CS(=O)(=O)c1ccccc1. The first kappa shape index (κ1) is 20.7. The molecule has 1 aromatic heterocycles. The molecule has 146 valence electrons. The van der Waals surface area contributed by atoms with E-state index in [1.165, 1.54) is 36.4 Å². The summed E-state index contributed by atoms with van der Waals surface area (Å²) < 4.78 is 30.4. The van der Waals surface area contributed by atoms with Gasteiger partial charge in [0.05, 0.1) is 23.5 Å². The molecule has 1 heterocycles. The van der Waals surface area contributed by atoms with E-state index in [1.54, 1.807) is 23.1 Å². The first-order chi connectivity index (χ1) is 12.8. The molecule has 27 heavy (non-hydrogen) atoms. The van der Waals surface area contributed by atoms with E-state index in [1.807, 2.05) is 13.8 Å². The summed E-state index contributed by atoms with van der Waals surface area (Å²) in [6.45, 7) is 4.73. The van der Waals surface area contributed by atoms with Crippen molar-refractivity contribution in [1.82, 2.24) is 9.80 Å². The van der Waals surface area contributed by atoms with Gasteiger partial charge in [-0.15, -0.1) is 0 Å². The van der Waals surface area contributed by atoms with Crippen molar-refractivity contribution in [3.8, 4) is 0 Å². The minimum absolute atomic E-state index is 0.0654. The number of carbonyl (C=O) groups excluding carboxylic acids is 2. The molecular formula is C19H24N2O5S. The van der Waals surface area contributed by atoms with Crippen LogP contribution in [0.25, 0.3) is 0 Å². The summed E-state index contributed by atoms with van der Waals surface area (Å²) in [5.74, 6) is -1.13. The number of rotatable bonds is 8. The van der Waals surface area contributed by atoms with Gasteiger partial charge in [0, 0.05) is 25.7 Å². The van der Waals surface area contributed by atoms with Crippen molar-refractivity contribution in [2.75, 3.05) is 26.7 Å². The standard InChI is InChI=1S/C19H24N2O5S/c1-4-21(5-2)17(22)13-20(3)19(23)18-15(11-12-26-18)14-27(24,25)16-9-7-6-8-10-16/h6-12H,4-5,13-14H2,1-3H3. The van der Waals surface area contributed by atoms with E-state index < -0.39 is 15.7 Å². The van der Waals surface area contributed by atoms with Crippen molar-refractivity contribution in [2.45, 2.75) is 24.5 Å². The van der Waals surface area contributed by atoms with Gasteiger partial charge < -0.3 is 14.2 Å². The van der Waals surface area contributed by atoms with E-state index in [0.717, 1.165) is 0 Å². The van der Waals surface area contributed by atoms with Crippen LogP contribution in [-0.4, -0.2) is 56.7 Å². The van der Waals surface area contributed by atoms with Gasteiger partial charge >= 0.3 is 0 Å². The van der Waals surface area contributed by atoms with Gasteiger partial charge in [-0.1, -0.05) is 18.2 Å². The number of carbonyl (C=O) groups is 2. The third kappa shape index (κ3) is 4.97. The number of hydrogen-bond donors (Lipinski definition) is 0. The van der Waals surface area contributed by atoms with Crippen molar-refractivity contribution >= 4 is 21.7 Å². The van der Waals surface area contributed by atoms with Gasteiger partial charge in [0.1, 0.15) is 0 Å². The molecular weight excluding hydrogens is 368 g/mol. The zero-order valence-corrected chi connectivity index (χ0v) is 16.5. The Morgan fingerprint density at radius 1 is 1.04 bits per heavy atom. The third-order valence-corrected chi connectivity index (χ3v) is 5.91. The maximum Gasteiger partial charge on any atom is 0.290 e. The van der Waals surface area contributed by atoms with Gasteiger partial charge in [-0.25, -0.2) is 8.42 Å². The minimum Gasteiger partial charge on any atom is -0.459 e. The minimum atomic E-state index is -3.62. The van der Waals surface area contributed by atoms with Crippen LogP contribution in [0.5, 0.6) is 0 Å². The maximum atomic E-state index is 12.7. The molecule has 0 atom stereocenters. The number of hydrogen-bond acceptors (Lipinski definition) is 5. The Kier molecular flexibility index (Phi) is 6.79. The highest BCUT2D eigenvalue weighted by Gasteiger charge is 2.26. The van der Waals surface area contributed by atoms with E-state index in [-0.39, 0.29) is 34.4 Å². The van der Waals surface area contributed by atoms with Gasteiger partial charge in [-0.3, -0.25) is 9.59 Å². The monoisotopic (exact) mass is 392 g/mol. The molecule has 0 bridgehead atoms. The number of furan rings is 1. The van der Waals surface area contributed by atoms with Crippen LogP contribution in [-0.2, 0) is 20.4 Å². The fourth-order valence-electron chi connectivity index (χ4n) is 2.68. The smallest absolute Gasteiger partial charge is 0.290 e. The lowest BCUT2D eigenvalue weighted by Gasteiger charge is -2.22. The lowest BCUT2D eigenvalue weighted by molar-refractivity contribution is -0.131. The largest absolute Gasteiger partial charge is 0.459 e. The van der Waals surface area contributed by atoms with Gasteiger partial charge in [0.2, 0.25) is 5.91 Å². The molecule has 2 aromatic rings. The topological polar surface area (TPSA) is 87.9 Å². The molecule has 0 saturated heterocycles. The van der Waals surface area contributed by atoms with Crippen LogP contribution in [0.4, 0.5) is 0 Å². The van der Waals surface area contributed by atoms with E-state index in [0.29, 0.717) is 13.1 Å². The molecule has 2 rings (SSSR count). The first-order valence-corrected chi connectivity index (χ1v) is 10.3. The van der Waals surface area contributed by atoms with Crippen molar-refractivity contribution in [1.29, 1.82) is 0 Å². The Hall–Kier alpha value is -2.61. The highest BCUT2D eigenvalue weighted by atomic mass is 32.2. The average Bonchev–Trinajstić information content (AvgIpc) is 3.10. The Bertz CT molecular complexity index is 886. The molecule has 0 aliphatic heterocycles. The van der Waals surface area contributed by atoms with E-state index in [4.69, 9.17) is 4.42 Å². The summed E-state index contributed by atoms with van der Waals surface area (Å²) in [4.78, 5) is 27.9. The first-order valence-electron chi connectivity index (χ1n) is 8.67. The van der Waals surface area contributed by atoms with Crippen molar-refractivity contribution in [2.24, 2.45) is 0 Å². The highest BCUT2D eigenvalue weighted by molar-refractivity contribution is 7.90. The van der Waals surface area contributed by atoms with Crippen LogP contribution in [0.2, 0.25) is 0 Å². The molecule has 2 amide bonds. The lowest BCUT2D eigenvalue weighted by atomic mass is 10.2. The Labute approximate surface area is 159 Å². The molecule has 0 N–H and O–H groups in total. The second-order valence-corrected chi connectivity index (χ2v) is 8.06. The summed E-state index contributed by atoms with van der Waals surface area (Å²) in [6, 6.07) is 9.49. The molecule has 0 spiro atoms. The predicted octanol–water partition coefficient (Wildman–Crippen LogP) is 2.19. The number of nitrogens with zero attached hydrogens (tertiary/aromatic N) is 2. The molecule has 0 aliphatic carbocycles. The lowest BCUT2D eigenvalue weighted by Crippen LogP contribution is -2.41. The Morgan fingerprint density at radius 3 is 2.26 bits per heavy atom. The molecule has 1 aromatic carbocycles. The Morgan fingerprint density at radius 2 is 1.67 bits per heavy atom. The second kappa shape index (κ2) is 8.85.